The number of allylic oxidation sites excluding steroid dienone is 4. The zero-order chi connectivity index (χ0) is 18.2. The summed E-state index contributed by atoms with van der Waals surface area (Å²) >= 11 is -2.16. The molecule has 0 unspecified atom stereocenters. The van der Waals surface area contributed by atoms with E-state index in [-0.39, 0.29) is 0 Å². The van der Waals surface area contributed by atoms with Crippen molar-refractivity contribution in [1.29, 1.82) is 0 Å². The van der Waals surface area contributed by atoms with Crippen LogP contribution in [0.15, 0.2) is 94.3 Å². The first-order valence-electron chi connectivity index (χ1n) is 9.66. The fourth-order valence-corrected chi connectivity index (χ4v) is 12.0. The first-order valence-corrected chi connectivity index (χ1v) is 13.3. The molecular formula is C26H22Zr. The molecule has 0 saturated heterocycles. The van der Waals surface area contributed by atoms with E-state index in [0.717, 1.165) is 12.8 Å². The molecule has 0 N–H and O–H groups in total. The third kappa shape index (κ3) is 2.99. The Hall–Kier alpha value is -2.11. The summed E-state index contributed by atoms with van der Waals surface area (Å²) in [4.78, 5) is 0. The molecule has 3 aromatic rings. The number of hydrogen-bond acceptors (Lipinski definition) is 0. The molecule has 0 saturated carbocycles. The van der Waals surface area contributed by atoms with Gasteiger partial charge in [0.2, 0.25) is 0 Å². The van der Waals surface area contributed by atoms with E-state index in [9.17, 15) is 0 Å². The van der Waals surface area contributed by atoms with Gasteiger partial charge in [0.05, 0.1) is 0 Å². The van der Waals surface area contributed by atoms with E-state index in [1.807, 2.05) is 0 Å². The van der Waals surface area contributed by atoms with Gasteiger partial charge in [0.15, 0.2) is 0 Å². The van der Waals surface area contributed by atoms with Crippen molar-refractivity contribution >= 4 is 6.48 Å². The van der Waals surface area contributed by atoms with Crippen LogP contribution in [0.5, 0.6) is 0 Å². The average Bonchev–Trinajstić information content (AvgIpc) is 3.37. The molecule has 0 radical (unpaired) electrons. The first-order chi connectivity index (χ1) is 13.3. The van der Waals surface area contributed by atoms with E-state index in [1.54, 1.807) is 15.3 Å². The van der Waals surface area contributed by atoms with Gasteiger partial charge in [-0.1, -0.05) is 0 Å². The average molecular weight is 426 g/mol. The summed E-state index contributed by atoms with van der Waals surface area (Å²) in [5.41, 5.74) is 7.41. The van der Waals surface area contributed by atoms with Crippen LogP contribution in [0.25, 0.3) is 11.1 Å². The third-order valence-corrected chi connectivity index (χ3v) is 13.3. The molecule has 0 fully saturated rings. The summed E-state index contributed by atoms with van der Waals surface area (Å²) in [6, 6.07) is 27.0. The summed E-state index contributed by atoms with van der Waals surface area (Å²) in [5.74, 6) is 0. The zero-order valence-electron chi connectivity index (χ0n) is 15.6. The van der Waals surface area contributed by atoms with Crippen molar-refractivity contribution in [2.75, 3.05) is 0 Å². The maximum absolute atomic E-state index is 2.44. The molecule has 0 nitrogen and oxygen atoms in total. The molecule has 0 amide bonds. The maximum atomic E-state index is 2.44. The molecule has 2 aliphatic carbocycles. The first kappa shape index (κ1) is 17.0. The van der Waals surface area contributed by atoms with Gasteiger partial charge in [-0.3, -0.25) is 0 Å². The quantitative estimate of drug-likeness (QED) is 0.402. The second-order valence-electron chi connectivity index (χ2n) is 7.36. The Kier molecular flexibility index (Phi) is 4.50. The van der Waals surface area contributed by atoms with Crippen LogP contribution in [0, 0.1) is 0 Å². The van der Waals surface area contributed by atoms with Gasteiger partial charge in [-0.15, -0.1) is 0 Å². The summed E-state index contributed by atoms with van der Waals surface area (Å²) in [6.45, 7) is 2.39. The van der Waals surface area contributed by atoms with Crippen molar-refractivity contribution in [3.63, 3.8) is 0 Å². The van der Waals surface area contributed by atoms with Crippen LogP contribution < -0.4 is 3.27 Å². The van der Waals surface area contributed by atoms with Crippen LogP contribution in [0.1, 0.15) is 30.0 Å². The zero-order valence-corrected chi connectivity index (χ0v) is 18.0. The van der Waals surface area contributed by atoms with Crippen LogP contribution in [0.4, 0.5) is 0 Å². The van der Waals surface area contributed by atoms with Crippen LogP contribution in [-0.4, -0.2) is 3.21 Å². The van der Waals surface area contributed by atoms with E-state index in [0.29, 0.717) is 0 Å². The summed E-state index contributed by atoms with van der Waals surface area (Å²) in [6.07, 6.45) is 9.21. The van der Waals surface area contributed by atoms with Crippen molar-refractivity contribution in [3.05, 3.63) is 111 Å². The molecule has 5 rings (SSSR count). The van der Waals surface area contributed by atoms with Gasteiger partial charge in [-0.25, -0.2) is 0 Å². The normalized spacial score (nSPS) is 15.2. The molecule has 0 atom stereocenters. The van der Waals surface area contributed by atoms with E-state index in [2.05, 4.69) is 97.9 Å². The van der Waals surface area contributed by atoms with Crippen molar-refractivity contribution in [1.82, 2.24) is 0 Å². The Balaban J connectivity index is 1.74. The molecule has 3 aromatic carbocycles. The molecule has 0 spiro atoms. The monoisotopic (exact) mass is 424 g/mol. The van der Waals surface area contributed by atoms with Crippen molar-refractivity contribution in [3.8, 4) is 11.1 Å². The van der Waals surface area contributed by atoms with Crippen molar-refractivity contribution in [2.24, 2.45) is 0 Å². The standard InChI is InChI=1S/C13H9.C8H8.C5H5.Zr/c1-3-7-12-10(5-1)9-11-6-2-4-8-13(11)12;1-2-8-6-4-3-5-7-8;1-2-4-5-3-1;/h1-5,7-8H,9H2;3-7H,1H3;1-3H,4H2;. The van der Waals surface area contributed by atoms with Crippen LogP contribution in [0.2, 0.25) is 0 Å². The topological polar surface area (TPSA) is 0 Å². The fourth-order valence-electron chi connectivity index (χ4n) is 4.47. The predicted molar refractivity (Wildman–Crippen MR) is 112 cm³/mol. The number of hydrogen-bond donors (Lipinski definition) is 0. The number of fused-ring (bicyclic) bond motifs is 3. The minimum atomic E-state index is -2.16. The molecular weight excluding hydrogens is 404 g/mol. The molecule has 0 aromatic heterocycles. The molecule has 0 aliphatic heterocycles. The third-order valence-electron chi connectivity index (χ3n) is 5.79. The van der Waals surface area contributed by atoms with Gasteiger partial charge >= 0.3 is 170 Å². The molecule has 2 aliphatic rings. The van der Waals surface area contributed by atoms with Crippen LogP contribution in [-0.2, 0) is 27.7 Å². The Bertz CT molecular complexity index is 1110. The van der Waals surface area contributed by atoms with Crippen molar-refractivity contribution in [2.45, 2.75) is 19.8 Å². The van der Waals surface area contributed by atoms with E-state index >= 15 is 0 Å². The summed E-state index contributed by atoms with van der Waals surface area (Å²) in [5, 5.41) is 0. The summed E-state index contributed by atoms with van der Waals surface area (Å²) < 4.78 is 5.00. The Morgan fingerprint density at radius 3 is 2.41 bits per heavy atom. The van der Waals surface area contributed by atoms with Crippen molar-refractivity contribution < 1.29 is 21.3 Å². The second kappa shape index (κ2) is 7.14. The van der Waals surface area contributed by atoms with Gasteiger partial charge in [-0.2, -0.15) is 0 Å². The minimum absolute atomic E-state index is 1.09. The Labute approximate surface area is 169 Å². The predicted octanol–water partition coefficient (Wildman–Crippen LogP) is 5.59. The molecule has 1 heteroatoms. The second-order valence-corrected chi connectivity index (χ2v) is 13.9. The number of benzene rings is 3. The van der Waals surface area contributed by atoms with Gasteiger partial charge in [-0.05, 0) is 0 Å². The molecule has 0 heterocycles. The molecule has 0 bridgehead atoms. The van der Waals surface area contributed by atoms with Crippen LogP contribution in [0.3, 0.4) is 0 Å². The van der Waals surface area contributed by atoms with E-state index in [4.69, 9.17) is 0 Å². The Morgan fingerprint density at radius 1 is 0.815 bits per heavy atom. The van der Waals surface area contributed by atoms with E-state index < -0.39 is 21.3 Å². The van der Waals surface area contributed by atoms with Gasteiger partial charge in [0.1, 0.15) is 0 Å². The SMILES string of the molecule is C/[C](c1ccccc1)=[Zr](\[C]1=CC=CC1)[c]1cccc2c1Cc1ccccc1-2. The summed E-state index contributed by atoms with van der Waals surface area (Å²) in [7, 11) is 0. The molecule has 27 heavy (non-hydrogen) atoms. The van der Waals surface area contributed by atoms with Crippen LogP contribution >= 0.6 is 0 Å². The van der Waals surface area contributed by atoms with Gasteiger partial charge < -0.3 is 0 Å². The van der Waals surface area contributed by atoms with Gasteiger partial charge in [0.25, 0.3) is 0 Å². The van der Waals surface area contributed by atoms with E-state index in [1.165, 1.54) is 22.3 Å². The Morgan fingerprint density at radius 2 is 1.59 bits per heavy atom. The van der Waals surface area contributed by atoms with Gasteiger partial charge in [0, 0.05) is 0 Å². The fraction of sp³-hybridized carbons (Fsp3) is 0.115. The molecule has 130 valence electrons. The number of rotatable bonds is 3.